The van der Waals surface area contributed by atoms with Crippen LogP contribution in [0.4, 0.5) is 0 Å². The van der Waals surface area contributed by atoms with E-state index in [1.807, 2.05) is 0 Å². The first-order valence-electron chi connectivity index (χ1n) is 7.45. The van der Waals surface area contributed by atoms with Gasteiger partial charge in [-0.3, -0.25) is 0 Å². The van der Waals surface area contributed by atoms with Crippen LogP contribution in [-0.4, -0.2) is 26.4 Å². The Morgan fingerprint density at radius 1 is 1.26 bits per heavy atom. The molecule has 1 heterocycles. The molecule has 0 spiro atoms. The van der Waals surface area contributed by atoms with E-state index in [1.165, 1.54) is 17.5 Å². The van der Waals surface area contributed by atoms with Gasteiger partial charge in [-0.15, -0.1) is 0 Å². The summed E-state index contributed by atoms with van der Waals surface area (Å²) < 4.78 is 11.1. The number of rotatable bonds is 8. The fraction of sp³-hybridized carbons (Fsp3) is 0.647. The van der Waals surface area contributed by atoms with E-state index in [-0.39, 0.29) is 0 Å². The van der Waals surface area contributed by atoms with Crippen LogP contribution in [0.25, 0.3) is 0 Å². The average Bonchev–Trinajstić information content (AvgIpc) is 2.36. The lowest BCUT2D eigenvalue weighted by molar-refractivity contribution is -0.150. The van der Waals surface area contributed by atoms with Crippen LogP contribution in [0, 0.1) is 12.3 Å². The first-order valence-corrected chi connectivity index (χ1v) is 7.45. The van der Waals surface area contributed by atoms with Gasteiger partial charge in [0, 0.05) is 12.0 Å². The Morgan fingerprint density at radius 3 is 2.74 bits per heavy atom. The summed E-state index contributed by atoms with van der Waals surface area (Å²) in [5, 5.41) is 0. The first kappa shape index (κ1) is 14.5. The van der Waals surface area contributed by atoms with E-state index >= 15 is 0 Å². The van der Waals surface area contributed by atoms with Crippen molar-refractivity contribution in [3.63, 3.8) is 0 Å². The van der Waals surface area contributed by atoms with Crippen molar-refractivity contribution in [1.82, 2.24) is 0 Å². The van der Waals surface area contributed by atoms with Gasteiger partial charge in [0.1, 0.15) is 0 Å². The molecule has 2 nitrogen and oxygen atoms in total. The van der Waals surface area contributed by atoms with Crippen molar-refractivity contribution in [2.24, 2.45) is 5.41 Å². The number of unbranched alkanes of at least 4 members (excludes halogenated alkanes) is 1. The summed E-state index contributed by atoms with van der Waals surface area (Å²) in [4.78, 5) is 0. The normalized spacial score (nSPS) is 17.2. The predicted octanol–water partition coefficient (Wildman–Crippen LogP) is 3.76. The molecule has 1 aromatic carbocycles. The summed E-state index contributed by atoms with van der Waals surface area (Å²) in [5.41, 5.74) is 3.12. The van der Waals surface area contributed by atoms with Crippen LogP contribution in [0.15, 0.2) is 24.3 Å². The van der Waals surface area contributed by atoms with Crippen molar-refractivity contribution in [2.75, 3.05) is 26.4 Å². The number of ether oxygens (including phenoxy) is 2. The topological polar surface area (TPSA) is 18.5 Å². The first-order chi connectivity index (χ1) is 9.24. The van der Waals surface area contributed by atoms with Crippen LogP contribution in [0.5, 0.6) is 0 Å². The standard InChI is InChI=1S/C17H26O2/c1-3-17(13-19-14-17)12-18-10-5-4-8-16-9-6-7-15(2)11-16/h6-7,9,11H,3-5,8,10,12-14H2,1-2H3. The van der Waals surface area contributed by atoms with E-state index in [1.54, 1.807) is 0 Å². The van der Waals surface area contributed by atoms with Gasteiger partial charge in [0.05, 0.1) is 19.8 Å². The van der Waals surface area contributed by atoms with Crippen LogP contribution in [-0.2, 0) is 15.9 Å². The van der Waals surface area contributed by atoms with E-state index in [0.717, 1.165) is 45.7 Å². The average molecular weight is 262 g/mol. The molecule has 106 valence electrons. The minimum absolute atomic E-state index is 0.330. The maximum atomic E-state index is 5.81. The molecular weight excluding hydrogens is 236 g/mol. The minimum Gasteiger partial charge on any atom is -0.381 e. The summed E-state index contributed by atoms with van der Waals surface area (Å²) in [6, 6.07) is 8.78. The minimum atomic E-state index is 0.330. The third kappa shape index (κ3) is 4.32. The number of hydrogen-bond acceptors (Lipinski definition) is 2. The molecule has 1 aliphatic rings. The van der Waals surface area contributed by atoms with Crippen molar-refractivity contribution in [2.45, 2.75) is 39.5 Å². The van der Waals surface area contributed by atoms with Gasteiger partial charge in [0.15, 0.2) is 0 Å². The van der Waals surface area contributed by atoms with Crippen molar-refractivity contribution in [3.05, 3.63) is 35.4 Å². The van der Waals surface area contributed by atoms with Gasteiger partial charge in [-0.25, -0.2) is 0 Å². The second-order valence-corrected chi connectivity index (χ2v) is 5.85. The van der Waals surface area contributed by atoms with Gasteiger partial charge >= 0.3 is 0 Å². The molecule has 1 fully saturated rings. The zero-order valence-corrected chi connectivity index (χ0v) is 12.3. The summed E-state index contributed by atoms with van der Waals surface area (Å²) in [6.07, 6.45) is 4.68. The largest absolute Gasteiger partial charge is 0.381 e. The molecule has 0 aliphatic carbocycles. The lowest BCUT2D eigenvalue weighted by Gasteiger charge is -2.40. The second-order valence-electron chi connectivity index (χ2n) is 5.85. The molecule has 0 aromatic heterocycles. The Bertz CT molecular complexity index is 377. The Labute approximate surface area is 117 Å². The molecule has 0 amide bonds. The molecule has 19 heavy (non-hydrogen) atoms. The molecule has 0 saturated carbocycles. The number of hydrogen-bond donors (Lipinski definition) is 0. The molecule has 2 heteroatoms. The highest BCUT2D eigenvalue weighted by molar-refractivity contribution is 5.22. The quantitative estimate of drug-likeness (QED) is 0.664. The third-order valence-corrected chi connectivity index (χ3v) is 4.06. The molecule has 0 bridgehead atoms. The fourth-order valence-corrected chi connectivity index (χ4v) is 2.47. The smallest absolute Gasteiger partial charge is 0.0566 e. The maximum Gasteiger partial charge on any atom is 0.0566 e. The molecule has 0 radical (unpaired) electrons. The van der Waals surface area contributed by atoms with Gasteiger partial charge in [-0.2, -0.15) is 0 Å². The molecule has 0 unspecified atom stereocenters. The maximum absolute atomic E-state index is 5.81. The van der Waals surface area contributed by atoms with E-state index in [2.05, 4.69) is 38.1 Å². The summed E-state index contributed by atoms with van der Waals surface area (Å²) in [7, 11) is 0. The molecule has 1 saturated heterocycles. The molecule has 1 aliphatic heterocycles. The van der Waals surface area contributed by atoms with Gasteiger partial charge in [0.2, 0.25) is 0 Å². The summed E-state index contributed by atoms with van der Waals surface area (Å²) in [6.45, 7) is 7.89. The van der Waals surface area contributed by atoms with Crippen molar-refractivity contribution < 1.29 is 9.47 Å². The highest BCUT2D eigenvalue weighted by Crippen LogP contribution is 2.31. The second kappa shape index (κ2) is 7.06. The van der Waals surface area contributed by atoms with Crippen molar-refractivity contribution in [3.8, 4) is 0 Å². The van der Waals surface area contributed by atoms with Gasteiger partial charge < -0.3 is 9.47 Å². The van der Waals surface area contributed by atoms with Crippen LogP contribution >= 0.6 is 0 Å². The molecule has 0 N–H and O–H groups in total. The Balaban J connectivity index is 1.55. The highest BCUT2D eigenvalue weighted by Gasteiger charge is 2.36. The lowest BCUT2D eigenvalue weighted by atomic mass is 9.84. The predicted molar refractivity (Wildman–Crippen MR) is 78.5 cm³/mol. The summed E-state index contributed by atoms with van der Waals surface area (Å²) >= 11 is 0. The third-order valence-electron chi connectivity index (χ3n) is 4.06. The lowest BCUT2D eigenvalue weighted by Crippen LogP contribution is -2.45. The zero-order chi connectivity index (χ0) is 13.6. The van der Waals surface area contributed by atoms with Crippen molar-refractivity contribution >= 4 is 0 Å². The van der Waals surface area contributed by atoms with E-state index in [4.69, 9.17) is 9.47 Å². The number of benzene rings is 1. The number of aryl methyl sites for hydroxylation is 2. The zero-order valence-electron chi connectivity index (χ0n) is 12.3. The van der Waals surface area contributed by atoms with E-state index in [9.17, 15) is 0 Å². The fourth-order valence-electron chi connectivity index (χ4n) is 2.47. The van der Waals surface area contributed by atoms with E-state index in [0.29, 0.717) is 5.41 Å². The van der Waals surface area contributed by atoms with Crippen LogP contribution in [0.2, 0.25) is 0 Å². The van der Waals surface area contributed by atoms with Gasteiger partial charge in [-0.05, 0) is 38.2 Å². The Kier molecular flexibility index (Phi) is 5.41. The van der Waals surface area contributed by atoms with Crippen LogP contribution in [0.3, 0.4) is 0 Å². The van der Waals surface area contributed by atoms with E-state index < -0.39 is 0 Å². The Morgan fingerprint density at radius 2 is 2.11 bits per heavy atom. The molecule has 0 atom stereocenters. The molecular formula is C17H26O2. The van der Waals surface area contributed by atoms with Crippen LogP contribution < -0.4 is 0 Å². The van der Waals surface area contributed by atoms with Gasteiger partial charge in [0.25, 0.3) is 0 Å². The van der Waals surface area contributed by atoms with Crippen LogP contribution in [0.1, 0.15) is 37.3 Å². The van der Waals surface area contributed by atoms with Gasteiger partial charge in [-0.1, -0.05) is 36.8 Å². The highest BCUT2D eigenvalue weighted by atomic mass is 16.5. The monoisotopic (exact) mass is 262 g/mol. The SMILES string of the molecule is CCC1(COCCCCc2cccc(C)c2)COC1. The summed E-state index contributed by atoms with van der Waals surface area (Å²) in [5.74, 6) is 0. The molecule has 2 rings (SSSR count). The van der Waals surface area contributed by atoms with Crippen molar-refractivity contribution in [1.29, 1.82) is 0 Å². The molecule has 1 aromatic rings. The Hall–Kier alpha value is -0.860.